The number of hydrogen-bond acceptors (Lipinski definition) is 8. The number of anilines is 1. The van der Waals surface area contributed by atoms with E-state index in [1.54, 1.807) is 24.4 Å². The molecule has 12 heteroatoms. The topological polar surface area (TPSA) is 126 Å². The Morgan fingerprint density at radius 1 is 0.979 bits per heavy atom. The Balaban J connectivity index is 1.41. The molecule has 1 fully saturated rings. The summed E-state index contributed by atoms with van der Waals surface area (Å²) in [6, 6.07) is 29.3. The van der Waals surface area contributed by atoms with Crippen molar-refractivity contribution in [2.45, 2.75) is 57.9 Å². The van der Waals surface area contributed by atoms with Crippen LogP contribution in [0.5, 0.6) is 0 Å². The molecule has 0 radical (unpaired) electrons. The molecule has 10 nitrogen and oxygen atoms in total. The number of nitrogens with one attached hydrogen (secondary N) is 1. The lowest BCUT2D eigenvalue weighted by Gasteiger charge is -2.43. The van der Waals surface area contributed by atoms with Crippen LogP contribution in [0, 0.1) is 12.8 Å². The van der Waals surface area contributed by atoms with E-state index in [1.807, 2.05) is 55.5 Å². The fourth-order valence-corrected chi connectivity index (χ4v) is 11.5. The van der Waals surface area contributed by atoms with Crippen molar-refractivity contribution in [1.82, 2.24) is 9.55 Å². The molecule has 0 bridgehead atoms. The Hall–Kier alpha value is -3.94. The first-order valence-corrected chi connectivity index (χ1v) is 19.7. The van der Waals surface area contributed by atoms with Crippen LogP contribution in [0.1, 0.15) is 55.8 Å². The van der Waals surface area contributed by atoms with Gasteiger partial charge in [-0.25, -0.2) is 4.79 Å². The minimum Gasteiger partial charge on any atom is -0.407 e. The highest BCUT2D eigenvalue weighted by atomic mass is 32.2. The van der Waals surface area contributed by atoms with Crippen molar-refractivity contribution in [3.63, 3.8) is 0 Å². The summed E-state index contributed by atoms with van der Waals surface area (Å²) in [5, 5.41) is 4.74. The average molecular weight is 690 g/mol. The van der Waals surface area contributed by atoms with Crippen LogP contribution < -0.4 is 21.4 Å². The number of ether oxygens (including phenoxy) is 1. The van der Waals surface area contributed by atoms with Crippen molar-refractivity contribution in [3.05, 3.63) is 119 Å². The monoisotopic (exact) mass is 689 g/mol. The number of hydrogen-bond donors (Lipinski definition) is 1. The second-order valence-corrected chi connectivity index (χ2v) is 19.1. The van der Waals surface area contributed by atoms with Gasteiger partial charge in [-0.15, -0.1) is 0 Å². The van der Waals surface area contributed by atoms with Gasteiger partial charge in [-0.3, -0.25) is 13.5 Å². The minimum atomic E-state index is -3.65. The Morgan fingerprint density at radius 2 is 1.58 bits per heavy atom. The van der Waals surface area contributed by atoms with Gasteiger partial charge >= 0.3 is 5.69 Å². The Morgan fingerprint density at radius 3 is 2.15 bits per heavy atom. The van der Waals surface area contributed by atoms with Crippen LogP contribution in [0.3, 0.4) is 0 Å². The second kappa shape index (κ2) is 14.7. The molecule has 254 valence electrons. The fraction of sp³-hybridized carbons (Fsp3) is 0.361. The first-order valence-electron chi connectivity index (χ1n) is 16.0. The summed E-state index contributed by atoms with van der Waals surface area (Å²) in [7, 11) is -6.53. The quantitative estimate of drug-likeness (QED) is 0.168. The normalized spacial score (nSPS) is 18.5. The summed E-state index contributed by atoms with van der Waals surface area (Å²) < 4.78 is 43.6. The van der Waals surface area contributed by atoms with Gasteiger partial charge < -0.3 is 14.5 Å². The molecule has 0 aliphatic carbocycles. The molecule has 48 heavy (non-hydrogen) atoms. The third kappa shape index (κ3) is 8.01. The Labute approximate surface area is 283 Å². The largest absolute Gasteiger partial charge is 0.407 e. The van der Waals surface area contributed by atoms with E-state index in [-0.39, 0.29) is 35.7 Å². The molecule has 1 amide bonds. The maximum absolute atomic E-state index is 13.3. The highest BCUT2D eigenvalue weighted by molar-refractivity contribution is 7.85. The molecular weight excluding hydrogens is 647 g/mol. The molecular formula is C36H43N3O7SSi. The average Bonchev–Trinajstić information content (AvgIpc) is 3.43. The molecule has 0 unspecified atom stereocenters. The van der Waals surface area contributed by atoms with Gasteiger partial charge in [0.2, 0.25) is 0 Å². The van der Waals surface area contributed by atoms with Gasteiger partial charge in [-0.1, -0.05) is 99.6 Å². The number of benzene rings is 3. The number of carbonyl (C=O) groups is 1. The second-order valence-electron chi connectivity index (χ2n) is 13.2. The van der Waals surface area contributed by atoms with E-state index in [9.17, 15) is 18.0 Å². The molecule has 1 aliphatic heterocycles. The van der Waals surface area contributed by atoms with Gasteiger partial charge in [0.05, 0.1) is 19.0 Å². The number of aryl methyl sites for hydroxylation is 1. The number of carbonyl (C=O) groups excluding carboxylic acids is 1. The summed E-state index contributed by atoms with van der Waals surface area (Å²) in [4.78, 5) is 30.2. The molecule has 1 saturated heterocycles. The van der Waals surface area contributed by atoms with Gasteiger partial charge in [-0.2, -0.15) is 13.4 Å². The van der Waals surface area contributed by atoms with E-state index < -0.39 is 36.5 Å². The highest BCUT2D eigenvalue weighted by Crippen LogP contribution is 2.40. The lowest BCUT2D eigenvalue weighted by Crippen LogP contribution is -2.67. The zero-order chi connectivity index (χ0) is 34.5. The standard InChI is InChI=1S/C36H43N3O7SSi/c1-26-14-12-13-19-30(26)34(40)37-32-20-22-39(35(41)38-32)33-24-27(31(46-33)21-23-44-47(5,42)43)25-45-48(36(2,3)4,28-15-8-6-9-16-28)29-17-10-7-11-18-29/h6-20,22,27,31,33H,21,23-25H2,1-5H3,(H,37,38,40,41)/t27-,31-,33-/m1/s1. The molecule has 3 aromatic carbocycles. The van der Waals surface area contributed by atoms with E-state index in [1.165, 1.54) is 4.57 Å². The molecule has 2 heterocycles. The van der Waals surface area contributed by atoms with Crippen LogP contribution >= 0.6 is 0 Å². The number of aromatic nitrogens is 2. The van der Waals surface area contributed by atoms with Crippen molar-refractivity contribution in [3.8, 4) is 0 Å². The van der Waals surface area contributed by atoms with Crippen molar-refractivity contribution >= 4 is 40.5 Å². The van der Waals surface area contributed by atoms with Crippen molar-refractivity contribution in [1.29, 1.82) is 0 Å². The van der Waals surface area contributed by atoms with E-state index in [0.717, 1.165) is 22.2 Å². The number of nitrogens with zero attached hydrogens (tertiary/aromatic N) is 2. The summed E-state index contributed by atoms with van der Waals surface area (Å²) in [5.41, 5.74) is 0.715. The van der Waals surface area contributed by atoms with Crippen LogP contribution in [0.25, 0.3) is 0 Å². The smallest absolute Gasteiger partial charge is 0.351 e. The summed E-state index contributed by atoms with van der Waals surface area (Å²) in [6.07, 6.45) is 2.15. The van der Waals surface area contributed by atoms with E-state index in [2.05, 4.69) is 55.3 Å². The summed E-state index contributed by atoms with van der Waals surface area (Å²) in [6.45, 7) is 8.70. The molecule has 3 atom stereocenters. The van der Waals surface area contributed by atoms with Gasteiger partial charge in [0, 0.05) is 30.7 Å². The molecule has 1 N–H and O–H groups in total. The molecule has 0 spiro atoms. The molecule has 4 aromatic rings. The van der Waals surface area contributed by atoms with E-state index >= 15 is 0 Å². The van der Waals surface area contributed by atoms with Gasteiger partial charge in [0.15, 0.2) is 0 Å². The zero-order valence-corrected chi connectivity index (χ0v) is 29.8. The summed E-state index contributed by atoms with van der Waals surface area (Å²) in [5.74, 6) is -0.416. The summed E-state index contributed by atoms with van der Waals surface area (Å²) >= 11 is 0. The maximum Gasteiger partial charge on any atom is 0.351 e. The molecule has 1 aromatic heterocycles. The lowest BCUT2D eigenvalue weighted by molar-refractivity contribution is -0.0189. The van der Waals surface area contributed by atoms with Gasteiger partial charge in [0.25, 0.3) is 24.3 Å². The third-order valence-electron chi connectivity index (χ3n) is 8.76. The first-order chi connectivity index (χ1) is 22.8. The highest BCUT2D eigenvalue weighted by Gasteiger charge is 2.51. The predicted molar refractivity (Wildman–Crippen MR) is 189 cm³/mol. The van der Waals surface area contributed by atoms with Crippen molar-refractivity contribution in [2.75, 3.05) is 24.8 Å². The van der Waals surface area contributed by atoms with E-state index in [0.29, 0.717) is 18.6 Å². The SMILES string of the molecule is Cc1ccccc1C(=O)Nc1ccn([C@H]2C[C@H](CO[Si](c3ccccc3)(c3ccccc3)C(C)(C)C)[C@@H](CCOS(C)(=O)=O)O2)c(=O)n1. The maximum atomic E-state index is 13.3. The van der Waals surface area contributed by atoms with Gasteiger partial charge in [0.1, 0.15) is 12.0 Å². The van der Waals surface area contributed by atoms with Crippen molar-refractivity contribution < 1.29 is 26.6 Å². The number of amides is 1. The molecule has 5 rings (SSSR count). The lowest BCUT2D eigenvalue weighted by atomic mass is 10.00. The molecule has 1 aliphatic rings. The zero-order valence-electron chi connectivity index (χ0n) is 28.0. The van der Waals surface area contributed by atoms with Crippen LogP contribution in [0.15, 0.2) is 102 Å². The van der Waals surface area contributed by atoms with Crippen molar-refractivity contribution in [2.24, 2.45) is 5.92 Å². The Kier molecular flexibility index (Phi) is 10.8. The minimum absolute atomic E-state index is 0.0665. The van der Waals surface area contributed by atoms with Crippen LogP contribution in [0.4, 0.5) is 5.82 Å². The van der Waals surface area contributed by atoms with Gasteiger partial charge in [-0.05, 0) is 46.5 Å². The van der Waals surface area contributed by atoms with Crippen LogP contribution in [-0.4, -0.2) is 57.8 Å². The van der Waals surface area contributed by atoms with Crippen LogP contribution in [-0.2, 0) is 23.5 Å². The third-order valence-corrected chi connectivity index (χ3v) is 14.4. The first kappa shape index (κ1) is 35.4. The van der Waals surface area contributed by atoms with E-state index in [4.69, 9.17) is 13.3 Å². The molecule has 0 saturated carbocycles. The predicted octanol–water partition coefficient (Wildman–Crippen LogP) is 4.65. The number of rotatable bonds is 12. The van der Waals surface area contributed by atoms with Crippen LogP contribution in [0.2, 0.25) is 5.04 Å². The fourth-order valence-electron chi connectivity index (χ4n) is 6.46. The Bertz CT molecular complexity index is 1840.